The summed E-state index contributed by atoms with van der Waals surface area (Å²) < 4.78 is 8.32. The number of halogens is 2. The topological polar surface area (TPSA) is 99.6 Å². The maximum Gasteiger partial charge on any atom is 0.312 e. The lowest BCUT2D eigenvalue weighted by Crippen LogP contribution is -2.22. The SMILES string of the molecule is CCc1nc2ccc(Br)cc2c(=O)n1N=Cc1cc(Br)cc([N+](=O)[O-])c1OCC(C)(C)C. The van der Waals surface area contributed by atoms with E-state index in [1.54, 1.807) is 18.2 Å². The van der Waals surface area contributed by atoms with Crippen LogP contribution in [-0.4, -0.2) is 27.4 Å². The molecule has 32 heavy (non-hydrogen) atoms. The quantitative estimate of drug-likeness (QED) is 0.217. The predicted octanol–water partition coefficient (Wildman–Crippen LogP) is 5.70. The van der Waals surface area contributed by atoms with Gasteiger partial charge >= 0.3 is 5.69 Å². The molecule has 168 valence electrons. The second kappa shape index (κ2) is 9.50. The fourth-order valence-electron chi connectivity index (χ4n) is 2.94. The van der Waals surface area contributed by atoms with Crippen molar-refractivity contribution in [3.05, 3.63) is 71.1 Å². The first kappa shape index (κ1) is 24.1. The van der Waals surface area contributed by atoms with Crippen molar-refractivity contribution in [2.75, 3.05) is 6.61 Å². The normalized spacial score (nSPS) is 11.9. The summed E-state index contributed by atoms with van der Waals surface area (Å²) in [6.07, 6.45) is 1.87. The Bertz CT molecular complexity index is 1280. The van der Waals surface area contributed by atoms with Crippen LogP contribution < -0.4 is 10.3 Å². The number of aryl methyl sites for hydroxylation is 1. The molecule has 0 fully saturated rings. The van der Waals surface area contributed by atoms with E-state index in [1.807, 2.05) is 33.8 Å². The van der Waals surface area contributed by atoms with Crippen LogP contribution in [0.2, 0.25) is 0 Å². The van der Waals surface area contributed by atoms with E-state index in [1.165, 1.54) is 17.0 Å². The summed E-state index contributed by atoms with van der Waals surface area (Å²) >= 11 is 6.68. The van der Waals surface area contributed by atoms with E-state index >= 15 is 0 Å². The van der Waals surface area contributed by atoms with Crippen LogP contribution in [0.3, 0.4) is 0 Å². The molecule has 0 unspecified atom stereocenters. The second-order valence-electron chi connectivity index (χ2n) is 8.35. The molecule has 3 aromatic rings. The lowest BCUT2D eigenvalue weighted by Gasteiger charge is -2.19. The Kier molecular flexibility index (Phi) is 7.14. The first-order valence-corrected chi connectivity index (χ1v) is 11.4. The molecule has 1 heterocycles. The van der Waals surface area contributed by atoms with Crippen molar-refractivity contribution in [2.45, 2.75) is 34.1 Å². The van der Waals surface area contributed by atoms with Gasteiger partial charge < -0.3 is 4.74 Å². The van der Waals surface area contributed by atoms with Crippen LogP contribution >= 0.6 is 31.9 Å². The third-order valence-corrected chi connectivity index (χ3v) is 5.36. The van der Waals surface area contributed by atoms with Crippen LogP contribution in [0.15, 0.2) is 49.2 Å². The molecular weight excluding hydrogens is 544 g/mol. The molecule has 0 aliphatic heterocycles. The van der Waals surface area contributed by atoms with Crippen LogP contribution in [0.4, 0.5) is 5.69 Å². The van der Waals surface area contributed by atoms with Crippen molar-refractivity contribution in [3.8, 4) is 5.75 Å². The van der Waals surface area contributed by atoms with Gasteiger partial charge in [0, 0.05) is 27.0 Å². The number of nitro benzene ring substituents is 1. The fraction of sp³-hybridized carbons (Fsp3) is 0.318. The minimum atomic E-state index is -0.501. The van der Waals surface area contributed by atoms with Gasteiger partial charge in [-0.3, -0.25) is 14.9 Å². The highest BCUT2D eigenvalue weighted by molar-refractivity contribution is 9.10. The number of hydrogen-bond donors (Lipinski definition) is 0. The number of nitrogens with zero attached hydrogens (tertiary/aromatic N) is 4. The van der Waals surface area contributed by atoms with E-state index in [9.17, 15) is 14.9 Å². The number of hydrogen-bond acceptors (Lipinski definition) is 6. The Morgan fingerprint density at radius 1 is 1.22 bits per heavy atom. The number of ether oxygens (including phenoxy) is 1. The zero-order valence-electron chi connectivity index (χ0n) is 18.1. The third-order valence-electron chi connectivity index (χ3n) is 4.41. The number of rotatable bonds is 6. The molecule has 0 spiro atoms. The molecule has 0 aliphatic carbocycles. The summed E-state index contributed by atoms with van der Waals surface area (Å²) in [6.45, 7) is 8.05. The van der Waals surface area contributed by atoms with Gasteiger partial charge in [0.25, 0.3) is 5.56 Å². The van der Waals surface area contributed by atoms with Gasteiger partial charge in [-0.25, -0.2) is 4.98 Å². The highest BCUT2D eigenvalue weighted by atomic mass is 79.9. The molecule has 0 saturated carbocycles. The summed E-state index contributed by atoms with van der Waals surface area (Å²) in [4.78, 5) is 28.8. The summed E-state index contributed by atoms with van der Waals surface area (Å²) in [5.74, 6) is 0.571. The highest BCUT2D eigenvalue weighted by Gasteiger charge is 2.23. The predicted molar refractivity (Wildman–Crippen MR) is 132 cm³/mol. The van der Waals surface area contributed by atoms with Crippen LogP contribution in [0.1, 0.15) is 39.1 Å². The van der Waals surface area contributed by atoms with E-state index in [2.05, 4.69) is 41.9 Å². The molecule has 0 bridgehead atoms. The third kappa shape index (κ3) is 5.42. The van der Waals surface area contributed by atoms with Gasteiger partial charge in [0.2, 0.25) is 5.75 Å². The molecule has 0 amide bonds. The smallest absolute Gasteiger partial charge is 0.312 e. The minimum Gasteiger partial charge on any atom is -0.486 e. The molecule has 0 N–H and O–H groups in total. The van der Waals surface area contributed by atoms with Crippen molar-refractivity contribution in [1.29, 1.82) is 0 Å². The largest absolute Gasteiger partial charge is 0.486 e. The molecule has 10 heteroatoms. The maximum absolute atomic E-state index is 13.1. The molecule has 8 nitrogen and oxygen atoms in total. The van der Waals surface area contributed by atoms with Gasteiger partial charge in [-0.05, 0) is 29.7 Å². The zero-order valence-corrected chi connectivity index (χ0v) is 21.2. The summed E-state index contributed by atoms with van der Waals surface area (Å²) in [5.41, 5.74) is 0.226. The average molecular weight is 566 g/mol. The van der Waals surface area contributed by atoms with Crippen molar-refractivity contribution in [2.24, 2.45) is 10.5 Å². The van der Waals surface area contributed by atoms with E-state index in [0.29, 0.717) is 33.2 Å². The Labute approximate surface area is 201 Å². The van der Waals surface area contributed by atoms with Crippen molar-refractivity contribution in [1.82, 2.24) is 9.66 Å². The molecule has 3 rings (SSSR count). The van der Waals surface area contributed by atoms with E-state index in [4.69, 9.17) is 4.74 Å². The number of aromatic nitrogens is 2. The van der Waals surface area contributed by atoms with E-state index in [0.717, 1.165) is 4.47 Å². The fourth-order valence-corrected chi connectivity index (χ4v) is 3.76. The first-order chi connectivity index (χ1) is 15.0. The van der Waals surface area contributed by atoms with E-state index < -0.39 is 4.92 Å². The Balaban J connectivity index is 2.17. The zero-order chi connectivity index (χ0) is 23.6. The van der Waals surface area contributed by atoms with Crippen molar-refractivity contribution < 1.29 is 9.66 Å². The average Bonchev–Trinajstić information content (AvgIpc) is 2.71. The van der Waals surface area contributed by atoms with Gasteiger partial charge in [0.15, 0.2) is 0 Å². The minimum absolute atomic E-state index is 0.0967. The van der Waals surface area contributed by atoms with Gasteiger partial charge in [-0.2, -0.15) is 9.78 Å². The summed E-state index contributed by atoms with van der Waals surface area (Å²) in [7, 11) is 0. The van der Waals surface area contributed by atoms with E-state index in [-0.39, 0.29) is 29.0 Å². The van der Waals surface area contributed by atoms with Crippen LogP contribution in [0, 0.1) is 15.5 Å². The lowest BCUT2D eigenvalue weighted by atomic mass is 9.98. The Hall–Kier alpha value is -2.59. The first-order valence-electron chi connectivity index (χ1n) is 9.86. The molecular formula is C22H22Br2N4O4. The Morgan fingerprint density at radius 2 is 1.94 bits per heavy atom. The molecule has 2 aromatic carbocycles. The van der Waals surface area contributed by atoms with Crippen molar-refractivity contribution in [3.63, 3.8) is 0 Å². The van der Waals surface area contributed by atoms with Crippen LogP contribution in [0.5, 0.6) is 5.75 Å². The number of nitro groups is 1. The molecule has 0 aliphatic rings. The lowest BCUT2D eigenvalue weighted by molar-refractivity contribution is -0.386. The summed E-state index contributed by atoms with van der Waals surface area (Å²) in [5, 5.41) is 16.4. The van der Waals surface area contributed by atoms with Crippen LogP contribution in [-0.2, 0) is 6.42 Å². The standard InChI is InChI=1S/C22H22Br2N4O4/c1-5-19-26-17-7-6-14(23)9-16(17)21(29)27(19)25-11-13-8-15(24)10-18(28(30)31)20(13)32-12-22(2,3)4/h6-11H,5,12H2,1-4H3. The highest BCUT2D eigenvalue weighted by Crippen LogP contribution is 2.35. The van der Waals surface area contributed by atoms with Gasteiger partial charge in [-0.1, -0.05) is 59.6 Å². The number of benzene rings is 2. The monoisotopic (exact) mass is 564 g/mol. The molecule has 0 atom stereocenters. The van der Waals surface area contributed by atoms with Crippen LogP contribution in [0.25, 0.3) is 10.9 Å². The van der Waals surface area contributed by atoms with Gasteiger partial charge in [-0.15, -0.1) is 0 Å². The van der Waals surface area contributed by atoms with Gasteiger partial charge in [0.1, 0.15) is 5.82 Å². The second-order valence-corrected chi connectivity index (χ2v) is 10.2. The molecule has 0 radical (unpaired) electrons. The summed E-state index contributed by atoms with van der Waals surface area (Å²) in [6, 6.07) is 8.33. The molecule has 0 saturated heterocycles. The van der Waals surface area contributed by atoms with Gasteiger partial charge in [0.05, 0.1) is 28.6 Å². The molecule has 1 aromatic heterocycles. The number of fused-ring (bicyclic) bond motifs is 1. The van der Waals surface area contributed by atoms with Crippen molar-refractivity contribution >= 4 is 54.7 Å². The maximum atomic E-state index is 13.1. The Morgan fingerprint density at radius 3 is 2.56 bits per heavy atom.